The summed E-state index contributed by atoms with van der Waals surface area (Å²) in [5, 5.41) is 16.4. The lowest BCUT2D eigenvalue weighted by molar-refractivity contribution is -0.113. The lowest BCUT2D eigenvalue weighted by Gasteiger charge is -2.07. The summed E-state index contributed by atoms with van der Waals surface area (Å²) in [7, 11) is 0. The van der Waals surface area contributed by atoms with E-state index < -0.39 is 0 Å². The molecule has 0 bridgehead atoms. The quantitative estimate of drug-likeness (QED) is 0.249. The van der Waals surface area contributed by atoms with Gasteiger partial charge in [0, 0.05) is 16.8 Å². The molecule has 1 N–H and O–H groups in total. The number of thioether (sulfide) groups is 1. The molecule has 0 atom stereocenters. The summed E-state index contributed by atoms with van der Waals surface area (Å²) in [5.41, 5.74) is 5.78. The Balaban J connectivity index is 1.30. The maximum absolute atomic E-state index is 12.5. The van der Waals surface area contributed by atoms with E-state index in [-0.39, 0.29) is 17.4 Å². The number of fused-ring (bicyclic) bond motifs is 1. The van der Waals surface area contributed by atoms with Crippen molar-refractivity contribution < 1.29 is 9.59 Å². The van der Waals surface area contributed by atoms with E-state index in [1.807, 2.05) is 42.5 Å². The molecule has 172 valence electrons. The summed E-state index contributed by atoms with van der Waals surface area (Å²) in [6, 6.07) is 29.1. The Hall–Kier alpha value is -4.30. The summed E-state index contributed by atoms with van der Waals surface area (Å²) in [5.74, 6) is -0.134. The zero-order valence-corrected chi connectivity index (χ0v) is 19.7. The number of carbonyl (C=O) groups excluding carboxylic acids is 2. The third-order valence-electron chi connectivity index (χ3n) is 5.41. The molecule has 7 nitrogen and oxygen atoms in total. The monoisotopic (exact) mass is 479 g/mol. The van der Waals surface area contributed by atoms with Crippen LogP contribution in [0.1, 0.15) is 17.3 Å². The second-order valence-electron chi connectivity index (χ2n) is 7.89. The summed E-state index contributed by atoms with van der Waals surface area (Å²) >= 11 is 1.25. The zero-order chi connectivity index (χ0) is 24.2. The fourth-order valence-corrected chi connectivity index (χ4v) is 4.31. The van der Waals surface area contributed by atoms with E-state index >= 15 is 0 Å². The Labute approximate surface area is 206 Å². The van der Waals surface area contributed by atoms with Gasteiger partial charge in [-0.3, -0.25) is 9.59 Å². The average Bonchev–Trinajstić information content (AvgIpc) is 3.30. The number of amides is 1. The molecule has 0 aliphatic carbocycles. The highest BCUT2D eigenvalue weighted by molar-refractivity contribution is 7.99. The molecule has 0 unspecified atom stereocenters. The van der Waals surface area contributed by atoms with Crippen LogP contribution in [0.5, 0.6) is 0 Å². The van der Waals surface area contributed by atoms with Crippen molar-refractivity contribution >= 4 is 34.8 Å². The summed E-state index contributed by atoms with van der Waals surface area (Å²) in [6.45, 7) is 1.49. The fraction of sp³-hybridized carbons (Fsp3) is 0.0741. The molecular weight excluding hydrogens is 458 g/mol. The SMILES string of the molecule is CC(=O)c1cccc(NC(=O)CSc2nnc3ccc(-c4ccc(-c5ccccc5)cc4)nn23)c1. The van der Waals surface area contributed by atoms with E-state index in [1.165, 1.54) is 18.7 Å². The lowest BCUT2D eigenvalue weighted by Crippen LogP contribution is -2.14. The largest absolute Gasteiger partial charge is 0.325 e. The molecule has 35 heavy (non-hydrogen) atoms. The van der Waals surface area contributed by atoms with Gasteiger partial charge in [-0.15, -0.1) is 10.2 Å². The van der Waals surface area contributed by atoms with Gasteiger partial charge < -0.3 is 5.32 Å². The predicted octanol–water partition coefficient (Wildman–Crippen LogP) is 5.39. The van der Waals surface area contributed by atoms with Crippen molar-refractivity contribution in [2.24, 2.45) is 0 Å². The maximum atomic E-state index is 12.5. The first-order valence-electron chi connectivity index (χ1n) is 11.0. The predicted molar refractivity (Wildman–Crippen MR) is 137 cm³/mol. The molecule has 0 radical (unpaired) electrons. The van der Waals surface area contributed by atoms with Gasteiger partial charge in [0.15, 0.2) is 11.4 Å². The number of anilines is 1. The first kappa shape index (κ1) is 22.5. The smallest absolute Gasteiger partial charge is 0.234 e. The standard InChI is InChI=1S/C27H21N5O2S/c1-18(33)22-8-5-9-23(16-22)28-26(34)17-35-27-30-29-25-15-14-24(31-32(25)27)21-12-10-20(11-13-21)19-6-3-2-4-7-19/h2-16H,17H2,1H3,(H,28,34). The van der Waals surface area contributed by atoms with Crippen LogP contribution in [0.3, 0.4) is 0 Å². The molecule has 5 aromatic rings. The van der Waals surface area contributed by atoms with Crippen LogP contribution < -0.4 is 5.32 Å². The van der Waals surface area contributed by atoms with Crippen LogP contribution in [0.2, 0.25) is 0 Å². The number of hydrogen-bond acceptors (Lipinski definition) is 6. The normalized spacial score (nSPS) is 10.9. The van der Waals surface area contributed by atoms with Crippen LogP contribution in [-0.2, 0) is 4.79 Å². The number of aromatic nitrogens is 4. The van der Waals surface area contributed by atoms with Crippen molar-refractivity contribution in [1.82, 2.24) is 19.8 Å². The maximum Gasteiger partial charge on any atom is 0.234 e. The van der Waals surface area contributed by atoms with Crippen LogP contribution in [0.4, 0.5) is 5.69 Å². The number of Topliss-reactive ketones (excluding diaryl/α,β-unsaturated/α-hetero) is 1. The number of rotatable bonds is 7. The highest BCUT2D eigenvalue weighted by Gasteiger charge is 2.12. The molecule has 8 heteroatoms. The van der Waals surface area contributed by atoms with Gasteiger partial charge in [-0.2, -0.15) is 9.61 Å². The molecular formula is C27H21N5O2S. The average molecular weight is 480 g/mol. The second kappa shape index (κ2) is 9.90. The number of nitrogens with one attached hydrogen (secondary N) is 1. The Morgan fingerprint density at radius 2 is 1.57 bits per heavy atom. The van der Waals surface area contributed by atoms with Crippen LogP contribution >= 0.6 is 11.8 Å². The molecule has 0 fully saturated rings. The Morgan fingerprint density at radius 3 is 2.34 bits per heavy atom. The number of benzene rings is 3. The highest BCUT2D eigenvalue weighted by atomic mass is 32.2. The van der Waals surface area contributed by atoms with Crippen LogP contribution in [-0.4, -0.2) is 37.3 Å². The third kappa shape index (κ3) is 5.12. The lowest BCUT2D eigenvalue weighted by atomic mass is 10.0. The van der Waals surface area contributed by atoms with Crippen molar-refractivity contribution in [3.63, 3.8) is 0 Å². The van der Waals surface area contributed by atoms with Crippen LogP contribution in [0.15, 0.2) is 96.2 Å². The van der Waals surface area contributed by atoms with E-state index in [2.05, 4.69) is 39.8 Å². The van der Waals surface area contributed by atoms with E-state index in [4.69, 9.17) is 5.10 Å². The Morgan fingerprint density at radius 1 is 0.829 bits per heavy atom. The number of nitrogens with zero attached hydrogens (tertiary/aromatic N) is 4. The minimum absolute atomic E-state index is 0.0537. The minimum atomic E-state index is -0.208. The molecule has 5 rings (SSSR count). The van der Waals surface area contributed by atoms with Gasteiger partial charge in [-0.05, 0) is 42.3 Å². The summed E-state index contributed by atoms with van der Waals surface area (Å²) < 4.78 is 1.65. The van der Waals surface area contributed by atoms with Crippen molar-refractivity contribution in [2.75, 3.05) is 11.1 Å². The molecule has 0 spiro atoms. The van der Waals surface area contributed by atoms with Gasteiger partial charge in [-0.1, -0.05) is 78.5 Å². The van der Waals surface area contributed by atoms with Gasteiger partial charge in [-0.25, -0.2) is 0 Å². The molecule has 0 saturated heterocycles. The van der Waals surface area contributed by atoms with E-state index in [1.54, 1.807) is 28.8 Å². The molecule has 0 saturated carbocycles. The summed E-state index contributed by atoms with van der Waals surface area (Å²) in [6.07, 6.45) is 0. The molecule has 3 aromatic carbocycles. The minimum Gasteiger partial charge on any atom is -0.325 e. The van der Waals surface area contributed by atoms with Crippen molar-refractivity contribution in [3.8, 4) is 22.4 Å². The second-order valence-corrected chi connectivity index (χ2v) is 8.83. The van der Waals surface area contributed by atoms with Gasteiger partial charge in [0.1, 0.15) is 0 Å². The summed E-state index contributed by atoms with van der Waals surface area (Å²) in [4.78, 5) is 24.0. The van der Waals surface area contributed by atoms with Crippen LogP contribution in [0, 0.1) is 0 Å². The van der Waals surface area contributed by atoms with Gasteiger partial charge >= 0.3 is 0 Å². The topological polar surface area (TPSA) is 89.2 Å². The molecule has 1 amide bonds. The highest BCUT2D eigenvalue weighted by Crippen LogP contribution is 2.25. The molecule has 0 aliphatic heterocycles. The zero-order valence-electron chi connectivity index (χ0n) is 18.9. The van der Waals surface area contributed by atoms with E-state index in [0.717, 1.165) is 22.4 Å². The Kier molecular flexibility index (Phi) is 6.36. The first-order valence-corrected chi connectivity index (χ1v) is 12.0. The van der Waals surface area contributed by atoms with Crippen molar-refractivity contribution in [2.45, 2.75) is 12.1 Å². The first-order chi connectivity index (χ1) is 17.1. The number of ketones is 1. The molecule has 0 aliphatic rings. The van der Waals surface area contributed by atoms with E-state index in [0.29, 0.717) is 22.1 Å². The van der Waals surface area contributed by atoms with Gasteiger partial charge in [0.25, 0.3) is 0 Å². The Bertz CT molecular complexity index is 1510. The molecule has 2 aromatic heterocycles. The number of hydrogen-bond donors (Lipinski definition) is 1. The van der Waals surface area contributed by atoms with Crippen molar-refractivity contribution in [3.05, 3.63) is 96.6 Å². The van der Waals surface area contributed by atoms with Crippen molar-refractivity contribution in [1.29, 1.82) is 0 Å². The van der Waals surface area contributed by atoms with E-state index in [9.17, 15) is 9.59 Å². The third-order valence-corrected chi connectivity index (χ3v) is 6.33. The fourth-order valence-electron chi connectivity index (χ4n) is 3.62. The number of carbonyl (C=O) groups is 2. The van der Waals surface area contributed by atoms with Crippen LogP contribution in [0.25, 0.3) is 28.0 Å². The van der Waals surface area contributed by atoms with Gasteiger partial charge in [0.2, 0.25) is 11.1 Å². The van der Waals surface area contributed by atoms with Gasteiger partial charge in [0.05, 0.1) is 11.4 Å². The molecule has 2 heterocycles.